The van der Waals surface area contributed by atoms with Crippen LogP contribution >= 0.6 is 0 Å². The molecule has 10 heteroatoms. The zero-order valence-corrected chi connectivity index (χ0v) is 16.4. The SMILES string of the molecule is Cc1cc(C)cc(COc2cc(C(F)(F)F)nn2-c2ccc(S(N)(=O)=O)cc2)c1. The number of nitrogens with zero attached hydrogens (tertiary/aromatic N) is 2. The van der Waals surface area contributed by atoms with Crippen LogP contribution in [-0.2, 0) is 22.8 Å². The van der Waals surface area contributed by atoms with Crippen LogP contribution in [0.1, 0.15) is 22.4 Å². The van der Waals surface area contributed by atoms with Gasteiger partial charge < -0.3 is 4.74 Å². The molecule has 0 saturated heterocycles. The van der Waals surface area contributed by atoms with Gasteiger partial charge in [-0.1, -0.05) is 29.3 Å². The summed E-state index contributed by atoms with van der Waals surface area (Å²) >= 11 is 0. The second-order valence-corrected chi connectivity index (χ2v) is 8.16. The zero-order valence-electron chi connectivity index (χ0n) is 15.6. The van der Waals surface area contributed by atoms with Gasteiger partial charge in [-0.3, -0.25) is 0 Å². The minimum Gasteiger partial charge on any atom is -0.473 e. The first-order valence-corrected chi connectivity index (χ1v) is 9.98. The first-order chi connectivity index (χ1) is 13.4. The summed E-state index contributed by atoms with van der Waals surface area (Å²) in [6.45, 7) is 3.87. The molecule has 0 amide bonds. The van der Waals surface area contributed by atoms with E-state index < -0.39 is 21.9 Å². The first-order valence-electron chi connectivity index (χ1n) is 8.44. The van der Waals surface area contributed by atoms with E-state index in [0.29, 0.717) is 0 Å². The Morgan fingerprint density at radius 3 is 2.14 bits per heavy atom. The number of ether oxygens (including phenoxy) is 1. The van der Waals surface area contributed by atoms with Crippen LogP contribution in [0, 0.1) is 13.8 Å². The van der Waals surface area contributed by atoms with Crippen LogP contribution in [-0.4, -0.2) is 18.2 Å². The number of aryl methyl sites for hydroxylation is 2. The van der Waals surface area contributed by atoms with Gasteiger partial charge in [-0.15, -0.1) is 0 Å². The van der Waals surface area contributed by atoms with Crippen molar-refractivity contribution in [1.29, 1.82) is 0 Å². The average molecular weight is 425 g/mol. The van der Waals surface area contributed by atoms with Crippen LogP contribution in [0.3, 0.4) is 0 Å². The smallest absolute Gasteiger partial charge is 0.435 e. The Morgan fingerprint density at radius 2 is 1.62 bits per heavy atom. The topological polar surface area (TPSA) is 87.2 Å². The highest BCUT2D eigenvalue weighted by Gasteiger charge is 2.35. The first kappa shape index (κ1) is 20.9. The standard InChI is InChI=1S/C19H18F3N3O3S/c1-12-7-13(2)9-14(8-12)11-28-18-10-17(19(20,21)22)24-25(18)15-3-5-16(6-4-15)29(23,26)27/h3-10H,11H2,1-2H3,(H2,23,26,27). The third-order valence-corrected chi connectivity index (χ3v) is 4.97. The van der Waals surface area contributed by atoms with Crippen LogP contribution in [0.25, 0.3) is 5.69 Å². The van der Waals surface area contributed by atoms with Crippen molar-refractivity contribution < 1.29 is 26.3 Å². The molecule has 0 fully saturated rings. The summed E-state index contributed by atoms with van der Waals surface area (Å²) in [5.74, 6) is -0.125. The summed E-state index contributed by atoms with van der Waals surface area (Å²) in [5, 5.41) is 8.63. The van der Waals surface area contributed by atoms with Crippen molar-refractivity contribution in [3.63, 3.8) is 0 Å². The number of aromatic nitrogens is 2. The van der Waals surface area contributed by atoms with E-state index in [1.165, 1.54) is 24.3 Å². The minimum absolute atomic E-state index is 0.0424. The van der Waals surface area contributed by atoms with Gasteiger partial charge in [0, 0.05) is 6.07 Å². The van der Waals surface area contributed by atoms with Gasteiger partial charge in [-0.2, -0.15) is 18.3 Å². The van der Waals surface area contributed by atoms with Crippen molar-refractivity contribution in [2.45, 2.75) is 31.5 Å². The number of nitrogens with two attached hydrogens (primary N) is 1. The van der Waals surface area contributed by atoms with Gasteiger partial charge in [0.25, 0.3) is 0 Å². The fraction of sp³-hybridized carbons (Fsp3) is 0.211. The van der Waals surface area contributed by atoms with E-state index in [4.69, 9.17) is 9.88 Å². The molecule has 0 aliphatic carbocycles. The summed E-state index contributed by atoms with van der Waals surface area (Å²) in [4.78, 5) is -0.165. The molecule has 0 aliphatic rings. The van der Waals surface area contributed by atoms with Crippen LogP contribution in [0.4, 0.5) is 13.2 Å². The predicted molar refractivity (Wildman–Crippen MR) is 100 cm³/mol. The highest BCUT2D eigenvalue weighted by atomic mass is 32.2. The Kier molecular flexibility index (Phi) is 5.42. The number of halogens is 3. The summed E-state index contributed by atoms with van der Waals surface area (Å²) in [5.41, 5.74) is 1.89. The van der Waals surface area contributed by atoms with E-state index in [0.717, 1.165) is 27.4 Å². The third kappa shape index (κ3) is 4.96. The van der Waals surface area contributed by atoms with E-state index in [2.05, 4.69) is 5.10 Å². The highest BCUT2D eigenvalue weighted by molar-refractivity contribution is 7.89. The van der Waals surface area contributed by atoms with Crippen LogP contribution < -0.4 is 9.88 Å². The number of primary sulfonamides is 1. The molecule has 1 aromatic heterocycles. The molecule has 0 atom stereocenters. The van der Waals surface area contributed by atoms with E-state index in [9.17, 15) is 21.6 Å². The lowest BCUT2D eigenvalue weighted by Gasteiger charge is -2.11. The van der Waals surface area contributed by atoms with Gasteiger partial charge in [-0.05, 0) is 43.7 Å². The molecule has 0 saturated carbocycles. The number of rotatable bonds is 5. The quantitative estimate of drug-likeness (QED) is 0.675. The molecule has 0 spiro atoms. The maximum Gasteiger partial charge on any atom is 0.435 e. The maximum absolute atomic E-state index is 13.2. The van der Waals surface area contributed by atoms with E-state index in [1.54, 1.807) is 0 Å². The van der Waals surface area contributed by atoms with Crippen molar-refractivity contribution in [3.8, 4) is 11.6 Å². The Bertz CT molecular complexity index is 1120. The van der Waals surface area contributed by atoms with Gasteiger partial charge in [-0.25, -0.2) is 18.2 Å². The average Bonchev–Trinajstić information content (AvgIpc) is 3.03. The summed E-state index contributed by atoms with van der Waals surface area (Å²) in [6, 6.07) is 11.5. The monoisotopic (exact) mass is 425 g/mol. The minimum atomic E-state index is -4.66. The molecule has 2 aromatic carbocycles. The fourth-order valence-corrected chi connectivity index (χ4v) is 3.39. The van der Waals surface area contributed by atoms with Gasteiger partial charge in [0.2, 0.25) is 15.9 Å². The van der Waals surface area contributed by atoms with Crippen LogP contribution in [0.15, 0.2) is 53.4 Å². The third-order valence-electron chi connectivity index (χ3n) is 4.05. The Labute approximate surface area is 165 Å². The molecule has 154 valence electrons. The second-order valence-electron chi connectivity index (χ2n) is 6.60. The lowest BCUT2D eigenvalue weighted by atomic mass is 10.1. The molecule has 1 heterocycles. The molecule has 29 heavy (non-hydrogen) atoms. The van der Waals surface area contributed by atoms with Crippen molar-refractivity contribution in [2.24, 2.45) is 5.14 Å². The molecule has 6 nitrogen and oxygen atoms in total. The van der Waals surface area contributed by atoms with Crippen molar-refractivity contribution in [1.82, 2.24) is 9.78 Å². The normalized spacial score (nSPS) is 12.2. The second kappa shape index (κ2) is 7.53. The lowest BCUT2D eigenvalue weighted by Crippen LogP contribution is -2.12. The van der Waals surface area contributed by atoms with Crippen molar-refractivity contribution in [2.75, 3.05) is 0 Å². The molecule has 3 aromatic rings. The molecule has 0 bridgehead atoms. The number of alkyl halides is 3. The Morgan fingerprint density at radius 1 is 1.03 bits per heavy atom. The number of sulfonamides is 1. The van der Waals surface area contributed by atoms with Gasteiger partial charge >= 0.3 is 6.18 Å². The van der Waals surface area contributed by atoms with E-state index >= 15 is 0 Å². The molecule has 0 unspecified atom stereocenters. The predicted octanol–water partition coefficient (Wildman–Crippen LogP) is 3.73. The van der Waals surface area contributed by atoms with Gasteiger partial charge in [0.1, 0.15) is 6.61 Å². The Balaban J connectivity index is 1.96. The number of benzene rings is 2. The Hall–Kier alpha value is -2.85. The molecular formula is C19H18F3N3O3S. The molecule has 3 rings (SSSR count). The summed E-state index contributed by atoms with van der Waals surface area (Å²) in [7, 11) is -3.93. The van der Waals surface area contributed by atoms with Crippen molar-refractivity contribution in [3.05, 3.63) is 70.9 Å². The summed E-state index contributed by atoms with van der Waals surface area (Å²) in [6.07, 6.45) is -4.66. The number of hydrogen-bond acceptors (Lipinski definition) is 4. The zero-order chi connectivity index (χ0) is 21.4. The molecule has 0 radical (unpaired) electrons. The fourth-order valence-electron chi connectivity index (χ4n) is 2.88. The van der Waals surface area contributed by atoms with Crippen molar-refractivity contribution >= 4 is 10.0 Å². The highest BCUT2D eigenvalue weighted by Crippen LogP contribution is 2.32. The summed E-state index contributed by atoms with van der Waals surface area (Å²) < 4.78 is 68.8. The van der Waals surface area contributed by atoms with Gasteiger partial charge in [0.15, 0.2) is 5.69 Å². The molecule has 0 aliphatic heterocycles. The van der Waals surface area contributed by atoms with Gasteiger partial charge in [0.05, 0.1) is 10.6 Å². The van der Waals surface area contributed by atoms with Crippen LogP contribution in [0.2, 0.25) is 0 Å². The molecular weight excluding hydrogens is 407 g/mol. The largest absolute Gasteiger partial charge is 0.473 e. The maximum atomic E-state index is 13.2. The van der Waals surface area contributed by atoms with E-state index in [-0.39, 0.29) is 23.1 Å². The van der Waals surface area contributed by atoms with E-state index in [1.807, 2.05) is 32.0 Å². The molecule has 2 N–H and O–H groups in total. The number of hydrogen-bond donors (Lipinski definition) is 1. The lowest BCUT2D eigenvalue weighted by molar-refractivity contribution is -0.141. The van der Waals surface area contributed by atoms with Crippen LogP contribution in [0.5, 0.6) is 5.88 Å².